The van der Waals surface area contributed by atoms with Crippen LogP contribution in [0.5, 0.6) is 5.75 Å². The van der Waals surface area contributed by atoms with E-state index in [1.165, 1.54) is 5.56 Å². The first-order valence-electron chi connectivity index (χ1n) is 6.30. The Kier molecular flexibility index (Phi) is 3.66. The molecule has 0 amide bonds. The smallest absolute Gasteiger partial charge is 0.508 e. The van der Waals surface area contributed by atoms with Crippen LogP contribution in [-0.2, 0) is 22.5 Å². The lowest BCUT2D eigenvalue weighted by Gasteiger charge is -2.28. The quantitative estimate of drug-likeness (QED) is 0.791. The molecule has 0 saturated carbocycles. The monoisotopic (exact) mass is 265 g/mol. The number of nitrogens with zero attached hydrogens (tertiary/aromatic N) is 1. The van der Waals surface area contributed by atoms with Gasteiger partial charge in [-0.3, -0.25) is 0 Å². The van der Waals surface area contributed by atoms with Crippen molar-refractivity contribution >= 4 is 6.16 Å². The van der Waals surface area contributed by atoms with Crippen molar-refractivity contribution in [3.05, 3.63) is 29.3 Å². The number of phenolic OH excluding ortho intramolecular Hbond substituents is 1. The van der Waals surface area contributed by atoms with Gasteiger partial charge in [-0.05, 0) is 50.5 Å². The first kappa shape index (κ1) is 13.7. The predicted octanol–water partition coefficient (Wildman–Crippen LogP) is 2.62. The minimum absolute atomic E-state index is 0.220. The summed E-state index contributed by atoms with van der Waals surface area (Å²) in [5.41, 5.74) is 1.57. The molecule has 1 N–H and O–H groups in total. The highest BCUT2D eigenvalue weighted by molar-refractivity contribution is 5.60. The standard InChI is InChI=1S/C14H19NO4/c1-14(2,3)18-13(17)19-15-7-6-10-4-5-12(16)8-11(10)9-15/h4-5,8,16H,6-7,9H2,1-3H3. The topological polar surface area (TPSA) is 59.0 Å². The zero-order valence-corrected chi connectivity index (χ0v) is 11.5. The van der Waals surface area contributed by atoms with Crippen molar-refractivity contribution < 1.29 is 19.5 Å². The fourth-order valence-corrected chi connectivity index (χ4v) is 1.97. The number of aromatic hydroxyl groups is 1. The minimum atomic E-state index is -0.698. The normalized spacial score (nSPS) is 15.7. The van der Waals surface area contributed by atoms with Crippen molar-refractivity contribution in [1.29, 1.82) is 0 Å². The van der Waals surface area contributed by atoms with Crippen LogP contribution in [0, 0.1) is 0 Å². The van der Waals surface area contributed by atoms with Crippen molar-refractivity contribution in [3.8, 4) is 5.75 Å². The number of hydrogen-bond acceptors (Lipinski definition) is 5. The predicted molar refractivity (Wildman–Crippen MR) is 69.5 cm³/mol. The van der Waals surface area contributed by atoms with Gasteiger partial charge in [0.05, 0.1) is 6.54 Å². The van der Waals surface area contributed by atoms with Crippen LogP contribution in [0.1, 0.15) is 31.9 Å². The van der Waals surface area contributed by atoms with E-state index in [1.807, 2.05) is 6.07 Å². The fourth-order valence-electron chi connectivity index (χ4n) is 1.97. The Morgan fingerprint density at radius 2 is 2.05 bits per heavy atom. The highest BCUT2D eigenvalue weighted by atomic mass is 16.8. The summed E-state index contributed by atoms with van der Waals surface area (Å²) in [6.07, 6.45) is 0.0781. The molecule has 0 radical (unpaired) electrons. The van der Waals surface area contributed by atoms with E-state index in [0.717, 1.165) is 12.0 Å². The highest BCUT2D eigenvalue weighted by Crippen LogP contribution is 2.23. The Labute approximate surface area is 112 Å². The van der Waals surface area contributed by atoms with Crippen LogP contribution in [0.15, 0.2) is 18.2 Å². The molecule has 2 rings (SSSR count). The number of benzene rings is 1. The Hall–Kier alpha value is -1.75. The number of rotatable bonds is 1. The van der Waals surface area contributed by atoms with Gasteiger partial charge < -0.3 is 14.7 Å². The van der Waals surface area contributed by atoms with Crippen molar-refractivity contribution in [1.82, 2.24) is 5.06 Å². The van der Waals surface area contributed by atoms with Gasteiger partial charge in [0.1, 0.15) is 11.4 Å². The molecular weight excluding hydrogens is 246 g/mol. The molecule has 0 spiro atoms. The maximum Gasteiger partial charge on any atom is 0.528 e. The second-order valence-electron chi connectivity index (χ2n) is 5.62. The lowest BCUT2D eigenvalue weighted by atomic mass is 10.0. The molecule has 104 valence electrons. The summed E-state index contributed by atoms with van der Waals surface area (Å²) in [6.45, 7) is 6.45. The third-order valence-electron chi connectivity index (χ3n) is 2.76. The van der Waals surface area contributed by atoms with Gasteiger partial charge >= 0.3 is 6.16 Å². The number of phenols is 1. The lowest BCUT2D eigenvalue weighted by molar-refractivity contribution is -0.151. The van der Waals surface area contributed by atoms with E-state index in [2.05, 4.69) is 0 Å². The zero-order valence-electron chi connectivity index (χ0n) is 11.5. The molecule has 0 bridgehead atoms. The van der Waals surface area contributed by atoms with Crippen molar-refractivity contribution in [2.24, 2.45) is 0 Å². The second kappa shape index (κ2) is 5.09. The van der Waals surface area contributed by atoms with Gasteiger partial charge in [-0.2, -0.15) is 0 Å². The maximum absolute atomic E-state index is 11.6. The number of fused-ring (bicyclic) bond motifs is 1. The van der Waals surface area contributed by atoms with E-state index >= 15 is 0 Å². The Morgan fingerprint density at radius 1 is 1.32 bits per heavy atom. The number of hydrogen-bond donors (Lipinski definition) is 1. The lowest BCUT2D eigenvalue weighted by Crippen LogP contribution is -2.35. The van der Waals surface area contributed by atoms with Gasteiger partial charge in [0.15, 0.2) is 0 Å². The summed E-state index contributed by atoms with van der Waals surface area (Å²) in [5, 5.41) is 11.0. The first-order chi connectivity index (χ1) is 8.83. The van der Waals surface area contributed by atoms with Gasteiger partial charge in [0.25, 0.3) is 0 Å². The van der Waals surface area contributed by atoms with Gasteiger partial charge in [0, 0.05) is 6.54 Å². The maximum atomic E-state index is 11.6. The molecule has 0 unspecified atom stereocenters. The van der Waals surface area contributed by atoms with Gasteiger partial charge in [0.2, 0.25) is 0 Å². The Morgan fingerprint density at radius 3 is 2.74 bits per heavy atom. The van der Waals surface area contributed by atoms with Gasteiger partial charge in [-0.15, -0.1) is 5.06 Å². The van der Waals surface area contributed by atoms with E-state index < -0.39 is 11.8 Å². The number of carbonyl (C=O) groups is 1. The Balaban J connectivity index is 1.96. The average Bonchev–Trinajstić information content (AvgIpc) is 2.25. The van der Waals surface area contributed by atoms with Crippen LogP contribution in [0.4, 0.5) is 4.79 Å². The van der Waals surface area contributed by atoms with Gasteiger partial charge in [-0.1, -0.05) is 6.07 Å². The molecule has 1 heterocycles. The van der Waals surface area contributed by atoms with Crippen LogP contribution in [-0.4, -0.2) is 28.5 Å². The molecule has 0 aliphatic carbocycles. The summed E-state index contributed by atoms with van der Waals surface area (Å²) >= 11 is 0. The van der Waals surface area contributed by atoms with E-state index in [1.54, 1.807) is 38.0 Å². The molecule has 0 fully saturated rings. The summed E-state index contributed by atoms with van der Waals surface area (Å²) in [4.78, 5) is 16.7. The number of ether oxygens (including phenoxy) is 1. The largest absolute Gasteiger partial charge is 0.528 e. The molecular formula is C14H19NO4. The minimum Gasteiger partial charge on any atom is -0.508 e. The summed E-state index contributed by atoms with van der Waals surface area (Å²) in [6, 6.07) is 5.26. The average molecular weight is 265 g/mol. The number of hydroxylamine groups is 2. The molecule has 1 aromatic rings. The van der Waals surface area contributed by atoms with Crippen molar-refractivity contribution in [2.45, 2.75) is 39.3 Å². The summed E-state index contributed by atoms with van der Waals surface area (Å²) in [7, 11) is 0. The van der Waals surface area contributed by atoms with Crippen molar-refractivity contribution in [2.75, 3.05) is 6.54 Å². The third kappa shape index (κ3) is 3.86. The molecule has 1 aliphatic rings. The second-order valence-corrected chi connectivity index (χ2v) is 5.62. The van der Waals surface area contributed by atoms with Crippen LogP contribution in [0.25, 0.3) is 0 Å². The highest BCUT2D eigenvalue weighted by Gasteiger charge is 2.23. The fraction of sp³-hybridized carbons (Fsp3) is 0.500. The van der Waals surface area contributed by atoms with Crippen LogP contribution < -0.4 is 0 Å². The molecule has 5 nitrogen and oxygen atoms in total. The molecule has 0 aromatic heterocycles. The molecule has 1 aliphatic heterocycles. The summed E-state index contributed by atoms with van der Waals surface area (Å²) in [5.74, 6) is 0.220. The SMILES string of the molecule is CC(C)(C)OC(=O)ON1CCc2ccc(O)cc2C1. The molecule has 1 aromatic carbocycles. The molecule has 5 heteroatoms. The van der Waals surface area contributed by atoms with Crippen molar-refractivity contribution in [3.63, 3.8) is 0 Å². The summed E-state index contributed by atoms with van der Waals surface area (Å²) < 4.78 is 5.10. The molecule has 0 atom stereocenters. The first-order valence-corrected chi connectivity index (χ1v) is 6.30. The van der Waals surface area contributed by atoms with Crippen LogP contribution in [0.3, 0.4) is 0 Å². The Bertz CT molecular complexity index is 479. The van der Waals surface area contributed by atoms with E-state index in [9.17, 15) is 9.90 Å². The van der Waals surface area contributed by atoms with E-state index in [0.29, 0.717) is 13.1 Å². The van der Waals surface area contributed by atoms with E-state index in [4.69, 9.17) is 9.57 Å². The molecule has 19 heavy (non-hydrogen) atoms. The van der Waals surface area contributed by atoms with Crippen LogP contribution >= 0.6 is 0 Å². The zero-order chi connectivity index (χ0) is 14.0. The van der Waals surface area contributed by atoms with E-state index in [-0.39, 0.29) is 5.75 Å². The molecule has 0 saturated heterocycles. The van der Waals surface area contributed by atoms with Crippen LogP contribution in [0.2, 0.25) is 0 Å². The third-order valence-corrected chi connectivity index (χ3v) is 2.76. The van der Waals surface area contributed by atoms with Gasteiger partial charge in [-0.25, -0.2) is 4.79 Å². The number of carbonyl (C=O) groups excluding carboxylic acids is 1.